The molecule has 1 N–H and O–H groups in total. The zero-order valence-electron chi connectivity index (χ0n) is 16.7. The van der Waals surface area contributed by atoms with Gasteiger partial charge < -0.3 is 4.57 Å². The zero-order valence-corrected chi connectivity index (χ0v) is 16.7. The van der Waals surface area contributed by atoms with Gasteiger partial charge >= 0.3 is 6.03 Å². The molecular weight excluding hydrogens is 382 g/mol. The third-order valence-corrected chi connectivity index (χ3v) is 4.92. The molecule has 3 aromatic rings. The van der Waals surface area contributed by atoms with E-state index in [4.69, 9.17) is 0 Å². The fraction of sp³-hybridized carbons (Fsp3) is 0.136. The number of amides is 4. The molecule has 4 rings (SSSR count). The van der Waals surface area contributed by atoms with Gasteiger partial charge in [0.25, 0.3) is 11.8 Å². The van der Waals surface area contributed by atoms with Crippen molar-refractivity contribution in [2.45, 2.75) is 20.8 Å². The first-order valence-corrected chi connectivity index (χ1v) is 9.30. The number of anilines is 1. The zero-order chi connectivity index (χ0) is 21.4. The number of carbonyl (C=O) groups is 3. The Labute approximate surface area is 172 Å². The van der Waals surface area contributed by atoms with Crippen LogP contribution in [0.4, 0.5) is 10.5 Å². The van der Waals surface area contributed by atoms with Gasteiger partial charge in [0.15, 0.2) is 0 Å². The van der Waals surface area contributed by atoms with Crippen LogP contribution in [0.25, 0.3) is 11.9 Å². The maximum atomic E-state index is 13.0. The molecule has 1 aliphatic rings. The fourth-order valence-corrected chi connectivity index (χ4v) is 3.47. The predicted molar refractivity (Wildman–Crippen MR) is 111 cm³/mol. The highest BCUT2D eigenvalue weighted by Gasteiger charge is 2.37. The van der Waals surface area contributed by atoms with E-state index in [1.165, 1.54) is 30.6 Å². The number of rotatable bonds is 3. The molecule has 1 fully saturated rings. The largest absolute Gasteiger partial charge is 0.335 e. The Bertz CT molecular complexity index is 1210. The van der Waals surface area contributed by atoms with Gasteiger partial charge in [0.1, 0.15) is 11.4 Å². The van der Waals surface area contributed by atoms with E-state index in [0.29, 0.717) is 11.3 Å². The average Bonchev–Trinajstić information content (AvgIpc) is 2.99. The van der Waals surface area contributed by atoms with Gasteiger partial charge in [-0.05, 0) is 68.3 Å². The normalized spacial score (nSPS) is 15.6. The first-order valence-electron chi connectivity index (χ1n) is 9.30. The van der Waals surface area contributed by atoms with Crippen LogP contribution >= 0.6 is 0 Å². The van der Waals surface area contributed by atoms with E-state index in [1.54, 1.807) is 6.20 Å². The van der Waals surface area contributed by atoms with Crippen molar-refractivity contribution in [2.75, 3.05) is 4.90 Å². The summed E-state index contributed by atoms with van der Waals surface area (Å²) in [7, 11) is 0. The minimum absolute atomic E-state index is 0.121. The molecule has 3 aromatic heterocycles. The molecule has 150 valence electrons. The van der Waals surface area contributed by atoms with Crippen LogP contribution in [-0.2, 0) is 9.59 Å². The number of pyridine rings is 2. The van der Waals surface area contributed by atoms with Gasteiger partial charge in [-0.1, -0.05) is 0 Å². The summed E-state index contributed by atoms with van der Waals surface area (Å²) in [6, 6.07) is 8.01. The van der Waals surface area contributed by atoms with E-state index in [-0.39, 0.29) is 5.57 Å². The van der Waals surface area contributed by atoms with E-state index < -0.39 is 17.8 Å². The lowest BCUT2D eigenvalue weighted by atomic mass is 10.1. The Hall–Kier alpha value is -4.07. The number of nitrogens with one attached hydrogen (secondary N) is 1. The SMILES string of the molecule is Cc1ccnc(-n2c(C)cc(/C=C3\C(=O)NC(=O)N(c4ccncc4)C3=O)c2C)c1. The first-order chi connectivity index (χ1) is 14.4. The Morgan fingerprint density at radius 1 is 0.967 bits per heavy atom. The molecule has 0 atom stereocenters. The molecule has 8 heteroatoms. The number of aromatic nitrogens is 3. The lowest BCUT2D eigenvalue weighted by Gasteiger charge is -2.26. The number of aryl methyl sites for hydroxylation is 2. The number of carbonyl (C=O) groups excluding carboxylic acids is 3. The van der Waals surface area contributed by atoms with Crippen LogP contribution in [0.2, 0.25) is 0 Å². The standard InChI is InChI=1S/C22H19N5O3/c1-13-4-9-24-19(10-13)26-14(2)11-16(15(26)3)12-18-20(28)25-22(30)27(21(18)29)17-5-7-23-8-6-17/h4-12H,1-3H3,(H,25,28,30)/b18-12+. The summed E-state index contributed by atoms with van der Waals surface area (Å²) < 4.78 is 1.95. The van der Waals surface area contributed by atoms with E-state index in [0.717, 1.165) is 27.7 Å². The van der Waals surface area contributed by atoms with Gasteiger partial charge in [-0.3, -0.25) is 19.9 Å². The maximum absolute atomic E-state index is 13.0. The van der Waals surface area contributed by atoms with Gasteiger partial charge in [-0.2, -0.15) is 0 Å². The van der Waals surface area contributed by atoms with Crippen molar-refractivity contribution >= 4 is 29.6 Å². The molecule has 0 spiro atoms. The number of nitrogens with zero attached hydrogens (tertiary/aromatic N) is 4. The van der Waals surface area contributed by atoms with Crippen LogP contribution in [-0.4, -0.2) is 32.4 Å². The van der Waals surface area contributed by atoms with Gasteiger partial charge in [0.05, 0.1) is 5.69 Å². The summed E-state index contributed by atoms with van der Waals surface area (Å²) in [6.45, 7) is 5.80. The van der Waals surface area contributed by atoms with Crippen LogP contribution in [0, 0.1) is 20.8 Å². The van der Waals surface area contributed by atoms with E-state index in [1.807, 2.05) is 43.5 Å². The third-order valence-electron chi connectivity index (χ3n) is 4.92. The van der Waals surface area contributed by atoms with E-state index in [9.17, 15) is 14.4 Å². The monoisotopic (exact) mass is 401 g/mol. The summed E-state index contributed by atoms with van der Waals surface area (Å²) in [6.07, 6.45) is 6.18. The summed E-state index contributed by atoms with van der Waals surface area (Å²) in [5, 5.41) is 2.23. The molecule has 0 bridgehead atoms. The number of hydrogen-bond acceptors (Lipinski definition) is 5. The Morgan fingerprint density at radius 2 is 1.70 bits per heavy atom. The summed E-state index contributed by atoms with van der Waals surface area (Å²) in [5.74, 6) is -0.662. The van der Waals surface area contributed by atoms with Crippen molar-refractivity contribution in [3.8, 4) is 5.82 Å². The van der Waals surface area contributed by atoms with Crippen molar-refractivity contribution < 1.29 is 14.4 Å². The Morgan fingerprint density at radius 3 is 2.40 bits per heavy atom. The topological polar surface area (TPSA) is 97.2 Å². The quantitative estimate of drug-likeness (QED) is 0.538. The van der Waals surface area contributed by atoms with E-state index >= 15 is 0 Å². The highest BCUT2D eigenvalue weighted by molar-refractivity contribution is 6.39. The second-order valence-electron chi connectivity index (χ2n) is 7.02. The van der Waals surface area contributed by atoms with Gasteiger partial charge in [-0.15, -0.1) is 0 Å². The van der Waals surface area contributed by atoms with Crippen LogP contribution in [0.15, 0.2) is 54.5 Å². The van der Waals surface area contributed by atoms with Crippen LogP contribution in [0.1, 0.15) is 22.5 Å². The summed E-state index contributed by atoms with van der Waals surface area (Å²) in [5.41, 5.74) is 3.71. The molecule has 0 aliphatic carbocycles. The molecule has 1 saturated heterocycles. The molecule has 0 unspecified atom stereocenters. The first kappa shape index (κ1) is 19.3. The van der Waals surface area contributed by atoms with Crippen LogP contribution in [0.3, 0.4) is 0 Å². The Kier molecular flexibility index (Phi) is 4.75. The number of imide groups is 2. The van der Waals surface area contributed by atoms with Crippen molar-refractivity contribution in [1.82, 2.24) is 19.9 Å². The molecule has 30 heavy (non-hydrogen) atoms. The van der Waals surface area contributed by atoms with Crippen molar-refractivity contribution in [1.29, 1.82) is 0 Å². The lowest BCUT2D eigenvalue weighted by Crippen LogP contribution is -2.54. The Balaban J connectivity index is 1.77. The maximum Gasteiger partial charge on any atom is 0.335 e. The second kappa shape index (κ2) is 7.40. The van der Waals surface area contributed by atoms with Crippen molar-refractivity contribution in [3.05, 3.63) is 77.0 Å². The highest BCUT2D eigenvalue weighted by Crippen LogP contribution is 2.25. The molecule has 0 aromatic carbocycles. The average molecular weight is 401 g/mol. The van der Waals surface area contributed by atoms with Crippen LogP contribution in [0.5, 0.6) is 0 Å². The smallest absolute Gasteiger partial charge is 0.303 e. The lowest BCUT2D eigenvalue weighted by molar-refractivity contribution is -0.122. The molecule has 4 amide bonds. The molecular formula is C22H19N5O3. The summed E-state index contributed by atoms with van der Waals surface area (Å²) in [4.78, 5) is 46.9. The molecule has 1 aliphatic heterocycles. The number of barbiturate groups is 1. The van der Waals surface area contributed by atoms with Crippen LogP contribution < -0.4 is 10.2 Å². The molecule has 0 radical (unpaired) electrons. The summed E-state index contributed by atoms with van der Waals surface area (Å²) >= 11 is 0. The van der Waals surface area contributed by atoms with Crippen molar-refractivity contribution in [3.63, 3.8) is 0 Å². The highest BCUT2D eigenvalue weighted by atomic mass is 16.2. The van der Waals surface area contributed by atoms with Gasteiger partial charge in [0, 0.05) is 30.0 Å². The van der Waals surface area contributed by atoms with E-state index in [2.05, 4.69) is 15.3 Å². The predicted octanol–water partition coefficient (Wildman–Crippen LogP) is 2.86. The van der Waals surface area contributed by atoms with Crippen molar-refractivity contribution in [2.24, 2.45) is 0 Å². The van der Waals surface area contributed by atoms with Gasteiger partial charge in [-0.25, -0.2) is 14.7 Å². The molecule has 4 heterocycles. The fourth-order valence-electron chi connectivity index (χ4n) is 3.47. The third kappa shape index (κ3) is 3.28. The minimum Gasteiger partial charge on any atom is -0.303 e. The molecule has 8 nitrogen and oxygen atoms in total. The number of urea groups is 1. The number of hydrogen-bond donors (Lipinski definition) is 1. The molecule has 0 saturated carbocycles. The second-order valence-corrected chi connectivity index (χ2v) is 7.02. The minimum atomic E-state index is -0.789. The van der Waals surface area contributed by atoms with Gasteiger partial charge in [0.2, 0.25) is 0 Å².